The summed E-state index contributed by atoms with van der Waals surface area (Å²) in [5, 5.41) is 1.67. The lowest BCUT2D eigenvalue weighted by atomic mass is 9.71. The summed E-state index contributed by atoms with van der Waals surface area (Å²) in [5.74, 6) is 8.96. The molecule has 2 N–H and O–H groups in total. The van der Waals surface area contributed by atoms with Crippen LogP contribution in [0.25, 0.3) is 21.8 Å². The number of nitrogen functional groups attached to an aromatic ring is 1. The highest BCUT2D eigenvalue weighted by molar-refractivity contribution is 6.64. The molecule has 4 saturated carbocycles. The van der Waals surface area contributed by atoms with Crippen LogP contribution in [-0.2, 0) is 16.0 Å². The standard InChI is InChI=1S/C29H29FN2O.C21H23ClFNO.C7H6N2/c1-4-24-7-5-18(17-32-24)11-28(33)29(2,3)22-14-19-12-21(13-20(19)15-22)25-9-10-31-27-8-6-23(30)16-26(25)27;1-21(2,20(22)25)15-9-12-7-14(8-13(12)10-15)17-5-6-24-19-4-3-16(23)11-18(17)19;1-2-7-4-3-6(8)5-9-7/h1,5-10,16-17,19-22H,11-15H2,2-3H3;3-6,11-15H,7-10H2,1-2H3;1,3-5H,8H2/t19-,20+,21?,22?;12-,13+,14?,15?;. The van der Waals surface area contributed by atoms with Crippen molar-refractivity contribution in [1.82, 2.24) is 19.9 Å². The fourth-order valence-corrected chi connectivity index (χ4v) is 12.0. The Kier molecular flexibility index (Phi) is 13.9. The van der Waals surface area contributed by atoms with E-state index in [2.05, 4.69) is 57.8 Å². The monoisotopic (exact) mass is 917 g/mol. The first kappa shape index (κ1) is 47.5. The maximum atomic E-state index is 13.9. The van der Waals surface area contributed by atoms with E-state index in [9.17, 15) is 18.4 Å². The number of anilines is 1. The Morgan fingerprint density at radius 1 is 0.627 bits per heavy atom. The number of aromatic nitrogens is 4. The molecule has 7 nitrogen and oxygen atoms in total. The van der Waals surface area contributed by atoms with E-state index in [1.165, 1.54) is 29.5 Å². The number of ketones is 1. The maximum absolute atomic E-state index is 13.9. The molecule has 0 saturated heterocycles. The maximum Gasteiger partial charge on any atom is 0.227 e. The Balaban J connectivity index is 0.000000157. The third-order valence-corrected chi connectivity index (χ3v) is 16.4. The van der Waals surface area contributed by atoms with Gasteiger partial charge in [-0.25, -0.2) is 18.7 Å². The molecule has 4 aromatic heterocycles. The Hall–Kier alpha value is -6.03. The molecule has 10 rings (SSSR count). The molecule has 4 heterocycles. The van der Waals surface area contributed by atoms with Gasteiger partial charge in [0.25, 0.3) is 0 Å². The van der Waals surface area contributed by atoms with Gasteiger partial charge in [0.2, 0.25) is 5.24 Å². The Morgan fingerprint density at radius 3 is 1.48 bits per heavy atom. The van der Waals surface area contributed by atoms with Crippen LogP contribution in [0.5, 0.6) is 0 Å². The summed E-state index contributed by atoms with van der Waals surface area (Å²) in [7, 11) is 0. The molecule has 0 bridgehead atoms. The number of terminal acetylenes is 2. The molecule has 10 heteroatoms. The van der Waals surface area contributed by atoms with E-state index in [1.807, 2.05) is 32.3 Å². The van der Waals surface area contributed by atoms with E-state index < -0.39 is 5.41 Å². The van der Waals surface area contributed by atoms with Crippen molar-refractivity contribution in [2.75, 3.05) is 5.73 Å². The number of Topliss-reactive ketones (excluding diaryl/α,β-unsaturated/α-hetero) is 1. The van der Waals surface area contributed by atoms with Gasteiger partial charge < -0.3 is 5.73 Å². The molecule has 67 heavy (non-hydrogen) atoms. The number of carbonyl (C=O) groups is 2. The molecule has 4 fully saturated rings. The first-order chi connectivity index (χ1) is 32.0. The van der Waals surface area contributed by atoms with Crippen LogP contribution in [0, 0.1) is 82.7 Å². The van der Waals surface area contributed by atoms with Gasteiger partial charge in [0, 0.05) is 46.6 Å². The lowest BCUT2D eigenvalue weighted by molar-refractivity contribution is -0.129. The van der Waals surface area contributed by atoms with Gasteiger partial charge in [-0.3, -0.25) is 19.6 Å². The molecule has 0 aliphatic heterocycles. The van der Waals surface area contributed by atoms with Crippen molar-refractivity contribution < 1.29 is 18.4 Å². The van der Waals surface area contributed by atoms with Gasteiger partial charge in [0.05, 0.1) is 22.9 Å². The molecular weight excluding hydrogens is 860 g/mol. The smallest absolute Gasteiger partial charge is 0.227 e. The summed E-state index contributed by atoms with van der Waals surface area (Å²) in [6.07, 6.45) is 26.5. The molecule has 4 unspecified atom stereocenters. The van der Waals surface area contributed by atoms with E-state index >= 15 is 0 Å². The largest absolute Gasteiger partial charge is 0.397 e. The van der Waals surface area contributed by atoms with Crippen molar-refractivity contribution in [3.8, 4) is 24.7 Å². The molecule has 0 radical (unpaired) electrons. The molecule has 8 atom stereocenters. The van der Waals surface area contributed by atoms with Gasteiger partial charge >= 0.3 is 0 Å². The van der Waals surface area contributed by atoms with Gasteiger partial charge in [0.15, 0.2) is 0 Å². The molecule has 344 valence electrons. The van der Waals surface area contributed by atoms with E-state index in [1.54, 1.807) is 48.7 Å². The summed E-state index contributed by atoms with van der Waals surface area (Å²) in [6, 6.07) is 21.0. The number of nitrogens with zero attached hydrogens (tertiary/aromatic N) is 4. The second kappa shape index (κ2) is 19.7. The minimum atomic E-state index is -0.437. The van der Waals surface area contributed by atoms with Crippen LogP contribution in [0.1, 0.15) is 119 Å². The second-order valence-electron chi connectivity index (χ2n) is 20.5. The molecule has 4 aliphatic carbocycles. The molecule has 2 aromatic carbocycles. The minimum Gasteiger partial charge on any atom is -0.397 e. The van der Waals surface area contributed by atoms with E-state index in [0.717, 1.165) is 78.7 Å². The van der Waals surface area contributed by atoms with Crippen molar-refractivity contribution in [1.29, 1.82) is 0 Å². The predicted octanol–water partition coefficient (Wildman–Crippen LogP) is 12.4. The van der Waals surface area contributed by atoms with Crippen LogP contribution < -0.4 is 5.73 Å². The number of halogens is 3. The molecule has 0 amide bonds. The Bertz CT molecular complexity index is 2840. The Labute approximate surface area is 398 Å². The average molecular weight is 919 g/mol. The quantitative estimate of drug-likeness (QED) is 0.120. The van der Waals surface area contributed by atoms with Gasteiger partial charge in [-0.2, -0.15) is 0 Å². The first-order valence-corrected chi connectivity index (χ1v) is 23.8. The molecule has 0 spiro atoms. The number of nitrogens with two attached hydrogens (primary N) is 1. The van der Waals surface area contributed by atoms with Crippen molar-refractivity contribution in [2.24, 2.45) is 46.3 Å². The van der Waals surface area contributed by atoms with Crippen LogP contribution in [0.3, 0.4) is 0 Å². The summed E-state index contributed by atoms with van der Waals surface area (Å²) in [6.45, 7) is 8.18. The number of benzene rings is 2. The first-order valence-electron chi connectivity index (χ1n) is 23.4. The predicted molar refractivity (Wildman–Crippen MR) is 263 cm³/mol. The number of carbonyl (C=O) groups excluding carboxylic acids is 2. The average Bonchev–Trinajstić information content (AvgIpc) is 4.11. The summed E-state index contributed by atoms with van der Waals surface area (Å²) in [5.41, 5.74) is 11.5. The summed E-state index contributed by atoms with van der Waals surface area (Å²) < 4.78 is 27.6. The van der Waals surface area contributed by atoms with Gasteiger partial charge in [-0.1, -0.05) is 45.6 Å². The third kappa shape index (κ3) is 10.3. The number of pyridine rings is 4. The normalized spacial score (nSPS) is 24.1. The zero-order valence-corrected chi connectivity index (χ0v) is 39.4. The zero-order chi connectivity index (χ0) is 47.6. The van der Waals surface area contributed by atoms with Crippen LogP contribution in [-0.4, -0.2) is 31.0 Å². The highest BCUT2D eigenvalue weighted by Gasteiger charge is 2.50. The van der Waals surface area contributed by atoms with Gasteiger partial charge in [-0.15, -0.1) is 12.8 Å². The number of hydrogen-bond donors (Lipinski definition) is 1. The fourth-order valence-electron chi connectivity index (χ4n) is 11.8. The number of rotatable bonds is 8. The van der Waals surface area contributed by atoms with Gasteiger partial charge in [-0.05, 0) is 194 Å². The topological polar surface area (TPSA) is 112 Å². The van der Waals surface area contributed by atoms with Crippen LogP contribution in [0.2, 0.25) is 0 Å². The summed E-state index contributed by atoms with van der Waals surface area (Å²) >= 11 is 5.83. The second-order valence-corrected chi connectivity index (χ2v) is 20.8. The van der Waals surface area contributed by atoms with Crippen molar-refractivity contribution in [2.45, 2.75) is 97.3 Å². The molecular formula is C57H58ClF2N5O2. The number of fused-ring (bicyclic) bond motifs is 4. The highest BCUT2D eigenvalue weighted by atomic mass is 35.5. The fraction of sp³-hybridized carbons (Fsp3) is 0.404. The minimum absolute atomic E-state index is 0.206. The van der Waals surface area contributed by atoms with E-state index in [4.69, 9.17) is 30.2 Å². The van der Waals surface area contributed by atoms with Crippen LogP contribution >= 0.6 is 11.6 Å². The zero-order valence-electron chi connectivity index (χ0n) is 38.7. The van der Waals surface area contributed by atoms with E-state index in [0.29, 0.717) is 70.8 Å². The van der Waals surface area contributed by atoms with Crippen LogP contribution in [0.4, 0.5) is 14.5 Å². The lowest BCUT2D eigenvalue weighted by Crippen LogP contribution is -2.33. The lowest BCUT2D eigenvalue weighted by Gasteiger charge is -2.31. The molecule has 6 aromatic rings. The van der Waals surface area contributed by atoms with Crippen molar-refractivity contribution in [3.05, 3.63) is 137 Å². The Morgan fingerprint density at radius 2 is 1.07 bits per heavy atom. The van der Waals surface area contributed by atoms with Gasteiger partial charge in [0.1, 0.15) is 28.8 Å². The molecule has 4 aliphatic rings. The van der Waals surface area contributed by atoms with Crippen molar-refractivity contribution >= 4 is 50.1 Å². The number of hydrogen-bond acceptors (Lipinski definition) is 7. The SMILES string of the molecule is C#Cc1ccc(CC(=O)C(C)(C)C2C[C@H]3CC(c4ccnc5ccc(F)cc45)C[C@H]3C2)cn1.C#Cc1ccc(N)cn1.CC(C)(C(=O)Cl)C1C[C@H]2CC(c3ccnc4ccc(F)cc34)C[C@H]2C1. The highest BCUT2D eigenvalue weighted by Crippen LogP contribution is 2.58. The third-order valence-electron chi connectivity index (χ3n) is 15.9. The van der Waals surface area contributed by atoms with Crippen molar-refractivity contribution in [3.63, 3.8) is 0 Å². The van der Waals surface area contributed by atoms with E-state index in [-0.39, 0.29) is 28.1 Å². The summed E-state index contributed by atoms with van der Waals surface area (Å²) in [4.78, 5) is 41.9. The van der Waals surface area contributed by atoms with Crippen LogP contribution in [0.15, 0.2) is 97.6 Å².